The fraction of sp³-hybridized carbons (Fsp3) is 0.308. The molecule has 0 atom stereocenters. The fourth-order valence-corrected chi connectivity index (χ4v) is 1.83. The van der Waals surface area contributed by atoms with Gasteiger partial charge in [0.1, 0.15) is 0 Å². The Hall–Kier alpha value is -1.42. The summed E-state index contributed by atoms with van der Waals surface area (Å²) in [6, 6.07) is 9.49. The summed E-state index contributed by atoms with van der Waals surface area (Å²) >= 11 is 0. The van der Waals surface area contributed by atoms with Gasteiger partial charge in [-0.1, -0.05) is 41.6 Å². The smallest absolute Gasteiger partial charge is 0.292 e. The molecule has 0 aliphatic rings. The van der Waals surface area contributed by atoms with Crippen LogP contribution in [0, 0.1) is 0 Å². The van der Waals surface area contributed by atoms with E-state index in [-0.39, 0.29) is 0 Å². The number of benzene rings is 1. The Kier molecular flexibility index (Phi) is 6.50. The summed E-state index contributed by atoms with van der Waals surface area (Å²) < 4.78 is 26.0. The molecule has 0 N–H and O–H groups in total. The van der Waals surface area contributed by atoms with Gasteiger partial charge in [0.05, 0.1) is 5.71 Å². The lowest BCUT2D eigenvalue weighted by Crippen LogP contribution is -2.02. The normalized spacial score (nSPS) is 12.2. The highest BCUT2D eigenvalue weighted by molar-refractivity contribution is 7.48. The molecule has 0 radical (unpaired) electrons. The number of rotatable bonds is 8. The molecule has 6 heteroatoms. The van der Waals surface area contributed by atoms with Crippen molar-refractivity contribution in [3.63, 3.8) is 0 Å². The summed E-state index contributed by atoms with van der Waals surface area (Å²) in [5, 5.41) is 3.90. The molecule has 0 bridgehead atoms. The molecule has 1 rings (SSSR count). The largest absolute Gasteiger partial charge is 0.549 e. The quantitative estimate of drug-likeness (QED) is 0.315. The van der Waals surface area contributed by atoms with Gasteiger partial charge in [-0.15, -0.1) is 6.58 Å². The molecule has 0 amide bonds. The van der Waals surface area contributed by atoms with Crippen LogP contribution in [0.25, 0.3) is 0 Å². The summed E-state index contributed by atoms with van der Waals surface area (Å²) in [4.78, 5) is 0. The molecule has 104 valence electrons. The third-order valence-electron chi connectivity index (χ3n) is 2.39. The SMILES string of the molecule is C=CCC/C(=N/OP(=O)(OC)OC)c1ccccc1. The van der Waals surface area contributed by atoms with Gasteiger partial charge in [0.25, 0.3) is 0 Å². The van der Waals surface area contributed by atoms with Crippen molar-refractivity contribution in [2.45, 2.75) is 12.8 Å². The van der Waals surface area contributed by atoms with Gasteiger partial charge >= 0.3 is 7.82 Å². The van der Waals surface area contributed by atoms with Crippen LogP contribution in [0.1, 0.15) is 18.4 Å². The maximum atomic E-state index is 11.8. The lowest BCUT2D eigenvalue weighted by molar-refractivity contribution is 0.156. The van der Waals surface area contributed by atoms with E-state index >= 15 is 0 Å². The van der Waals surface area contributed by atoms with Crippen molar-refractivity contribution in [1.29, 1.82) is 0 Å². The first-order valence-corrected chi connectivity index (χ1v) is 7.24. The summed E-state index contributed by atoms with van der Waals surface area (Å²) in [6.45, 7) is 3.67. The van der Waals surface area contributed by atoms with Crippen molar-refractivity contribution in [2.24, 2.45) is 5.16 Å². The number of allylic oxidation sites excluding steroid dienone is 1. The molecular weight excluding hydrogens is 265 g/mol. The van der Waals surface area contributed by atoms with E-state index in [1.54, 1.807) is 6.08 Å². The first-order chi connectivity index (χ1) is 9.15. The summed E-state index contributed by atoms with van der Waals surface area (Å²) in [7, 11) is -1.12. The molecule has 1 aromatic rings. The minimum absolute atomic E-state index is 0.626. The van der Waals surface area contributed by atoms with Crippen LogP contribution in [0.3, 0.4) is 0 Å². The average molecular weight is 283 g/mol. The highest BCUT2D eigenvalue weighted by atomic mass is 31.2. The van der Waals surface area contributed by atoms with E-state index in [4.69, 9.17) is 4.62 Å². The lowest BCUT2D eigenvalue weighted by Gasteiger charge is -2.11. The van der Waals surface area contributed by atoms with E-state index in [0.29, 0.717) is 12.1 Å². The Labute approximate surface area is 113 Å². The van der Waals surface area contributed by atoms with Crippen LogP contribution in [0.15, 0.2) is 48.1 Å². The average Bonchev–Trinajstić information content (AvgIpc) is 2.48. The lowest BCUT2D eigenvalue weighted by atomic mass is 10.1. The minimum Gasteiger partial charge on any atom is -0.292 e. The molecule has 0 heterocycles. The van der Waals surface area contributed by atoms with Crippen LogP contribution in [0.4, 0.5) is 0 Å². The van der Waals surface area contributed by atoms with Crippen LogP contribution in [0.5, 0.6) is 0 Å². The second kappa shape index (κ2) is 7.89. The van der Waals surface area contributed by atoms with E-state index < -0.39 is 7.82 Å². The third-order valence-corrected chi connectivity index (χ3v) is 3.57. The molecule has 5 nitrogen and oxygen atoms in total. The van der Waals surface area contributed by atoms with Crippen molar-refractivity contribution in [1.82, 2.24) is 0 Å². The second-order valence-electron chi connectivity index (χ2n) is 3.63. The van der Waals surface area contributed by atoms with Gasteiger partial charge in [-0.05, 0) is 18.4 Å². The Bertz CT molecular complexity index is 465. The molecule has 0 unspecified atom stereocenters. The van der Waals surface area contributed by atoms with Crippen molar-refractivity contribution >= 4 is 13.5 Å². The van der Waals surface area contributed by atoms with E-state index in [1.165, 1.54) is 14.2 Å². The molecule has 0 aliphatic carbocycles. The summed E-state index contributed by atoms with van der Waals surface area (Å²) in [6.07, 6.45) is 3.15. The fourth-order valence-electron chi connectivity index (χ4n) is 1.35. The maximum Gasteiger partial charge on any atom is 0.549 e. The summed E-state index contributed by atoms with van der Waals surface area (Å²) in [5.74, 6) is 0. The number of phosphoric ester groups is 1. The van der Waals surface area contributed by atoms with Crippen molar-refractivity contribution < 1.29 is 18.2 Å². The van der Waals surface area contributed by atoms with E-state index in [1.807, 2.05) is 30.3 Å². The number of nitrogens with zero attached hydrogens (tertiary/aromatic N) is 1. The first kappa shape index (κ1) is 15.6. The number of oxime groups is 1. The Balaban J connectivity index is 2.91. The van der Waals surface area contributed by atoms with Gasteiger partial charge < -0.3 is 0 Å². The zero-order chi connectivity index (χ0) is 14.1. The predicted octanol–water partition coefficient (Wildman–Crippen LogP) is 3.77. The molecule has 1 aromatic carbocycles. The zero-order valence-electron chi connectivity index (χ0n) is 11.1. The Morgan fingerprint density at radius 2 is 1.95 bits per heavy atom. The van der Waals surface area contributed by atoms with Crippen molar-refractivity contribution in [2.75, 3.05) is 14.2 Å². The van der Waals surface area contributed by atoms with E-state index in [9.17, 15) is 4.57 Å². The molecule has 0 spiro atoms. The van der Waals surface area contributed by atoms with Crippen molar-refractivity contribution in [3.05, 3.63) is 48.6 Å². The molecule has 0 saturated carbocycles. The third kappa shape index (κ3) is 4.99. The first-order valence-electron chi connectivity index (χ1n) is 5.78. The van der Waals surface area contributed by atoms with Crippen LogP contribution >= 0.6 is 7.82 Å². The Morgan fingerprint density at radius 1 is 1.32 bits per heavy atom. The molecule has 0 fully saturated rings. The highest BCUT2D eigenvalue weighted by Gasteiger charge is 2.24. The highest BCUT2D eigenvalue weighted by Crippen LogP contribution is 2.47. The topological polar surface area (TPSA) is 57.1 Å². The van der Waals surface area contributed by atoms with E-state index in [0.717, 1.165) is 12.0 Å². The van der Waals surface area contributed by atoms with Crippen LogP contribution in [0.2, 0.25) is 0 Å². The zero-order valence-corrected chi connectivity index (χ0v) is 12.0. The van der Waals surface area contributed by atoms with Crippen LogP contribution in [-0.2, 0) is 18.2 Å². The van der Waals surface area contributed by atoms with Crippen LogP contribution in [-0.4, -0.2) is 19.9 Å². The predicted molar refractivity (Wildman–Crippen MR) is 75.1 cm³/mol. The Morgan fingerprint density at radius 3 is 2.47 bits per heavy atom. The van der Waals surface area contributed by atoms with Gasteiger partial charge in [-0.25, -0.2) is 4.57 Å². The van der Waals surface area contributed by atoms with Gasteiger partial charge in [-0.2, -0.15) is 0 Å². The molecule has 19 heavy (non-hydrogen) atoms. The molecule has 0 aliphatic heterocycles. The number of hydrogen-bond acceptors (Lipinski definition) is 5. The standard InChI is InChI=1S/C13H18NO4P/c1-4-5-11-13(12-9-7-6-8-10-12)14-18-19(15,16-2)17-3/h4,6-10H,1,5,11H2,2-3H3/b14-13-. The minimum atomic E-state index is -3.60. The molecule has 0 saturated heterocycles. The van der Waals surface area contributed by atoms with Gasteiger partial charge in [0.2, 0.25) is 0 Å². The molecular formula is C13H18NO4P. The number of phosphoric acid groups is 1. The number of hydrogen-bond donors (Lipinski definition) is 0. The molecule has 0 aromatic heterocycles. The van der Waals surface area contributed by atoms with Gasteiger partial charge in [-0.3, -0.25) is 13.7 Å². The second-order valence-corrected chi connectivity index (χ2v) is 5.41. The van der Waals surface area contributed by atoms with E-state index in [2.05, 4.69) is 20.8 Å². The van der Waals surface area contributed by atoms with Crippen molar-refractivity contribution in [3.8, 4) is 0 Å². The van der Waals surface area contributed by atoms with Crippen LogP contribution < -0.4 is 0 Å². The summed E-state index contributed by atoms with van der Waals surface area (Å²) in [5.41, 5.74) is 1.55. The van der Waals surface area contributed by atoms with Gasteiger partial charge in [0.15, 0.2) is 0 Å². The van der Waals surface area contributed by atoms with Gasteiger partial charge in [0, 0.05) is 14.2 Å². The maximum absolute atomic E-state index is 11.8. The monoisotopic (exact) mass is 283 g/mol.